The van der Waals surface area contributed by atoms with Crippen molar-refractivity contribution in [2.24, 2.45) is 0 Å². The number of nitrogens with two attached hydrogens (primary N) is 1. The van der Waals surface area contributed by atoms with Gasteiger partial charge in [0.15, 0.2) is 0 Å². The number of nitrogen functional groups attached to an aromatic ring is 1. The van der Waals surface area contributed by atoms with Gasteiger partial charge in [-0.25, -0.2) is 0 Å². The molecule has 0 saturated carbocycles. The molecule has 0 aliphatic rings. The summed E-state index contributed by atoms with van der Waals surface area (Å²) < 4.78 is 0. The quantitative estimate of drug-likeness (QED) is 0.695. The van der Waals surface area contributed by atoms with Crippen molar-refractivity contribution in [3.05, 3.63) is 53.6 Å². The van der Waals surface area contributed by atoms with Crippen molar-refractivity contribution in [1.29, 1.82) is 0 Å². The van der Waals surface area contributed by atoms with Gasteiger partial charge >= 0.3 is 0 Å². The van der Waals surface area contributed by atoms with Gasteiger partial charge in [-0.1, -0.05) is 42.5 Å². The molecule has 0 radical (unpaired) electrons. The van der Waals surface area contributed by atoms with Gasteiger partial charge in [0.2, 0.25) is 0 Å². The number of hydrogen-bond donors (Lipinski definition) is 1. The first-order chi connectivity index (χ1) is 7.20. The first kappa shape index (κ1) is 9.78. The third-order valence-corrected chi connectivity index (χ3v) is 2.87. The summed E-state index contributed by atoms with van der Waals surface area (Å²) in [5.74, 6) is 0. The summed E-state index contributed by atoms with van der Waals surface area (Å²) in [4.78, 5) is 0. The molecular formula is C14H15N. The topological polar surface area (TPSA) is 26.0 Å². The summed E-state index contributed by atoms with van der Waals surface area (Å²) in [6.07, 6.45) is 0. The summed E-state index contributed by atoms with van der Waals surface area (Å²) >= 11 is 0. The van der Waals surface area contributed by atoms with E-state index in [2.05, 4.69) is 38.1 Å². The monoisotopic (exact) mass is 197 g/mol. The minimum atomic E-state index is 0.890. The lowest BCUT2D eigenvalue weighted by Crippen LogP contribution is -1.95. The van der Waals surface area contributed by atoms with Crippen LogP contribution in [0.5, 0.6) is 0 Å². The Morgan fingerprint density at radius 1 is 0.867 bits per heavy atom. The summed E-state index contributed by atoms with van der Waals surface area (Å²) in [5.41, 5.74) is 11.7. The van der Waals surface area contributed by atoms with E-state index in [1.165, 1.54) is 16.7 Å². The summed E-state index contributed by atoms with van der Waals surface area (Å²) in [7, 11) is 0. The van der Waals surface area contributed by atoms with Gasteiger partial charge in [0.25, 0.3) is 0 Å². The molecule has 0 atom stereocenters. The molecule has 0 amide bonds. The molecule has 2 rings (SSSR count). The van der Waals surface area contributed by atoms with Gasteiger partial charge < -0.3 is 5.73 Å². The lowest BCUT2D eigenvalue weighted by Gasteiger charge is -2.10. The van der Waals surface area contributed by atoms with E-state index in [4.69, 9.17) is 5.73 Å². The smallest absolute Gasteiger partial charge is 0.0426 e. The Bertz CT molecular complexity index is 472. The highest BCUT2D eigenvalue weighted by atomic mass is 14.6. The molecule has 1 nitrogen and oxygen atoms in total. The van der Waals surface area contributed by atoms with E-state index in [0.29, 0.717) is 0 Å². The highest BCUT2D eigenvalue weighted by Crippen LogP contribution is 2.29. The molecule has 76 valence electrons. The molecular weight excluding hydrogens is 182 g/mol. The molecule has 2 N–H and O–H groups in total. The van der Waals surface area contributed by atoms with E-state index in [0.717, 1.165) is 11.3 Å². The van der Waals surface area contributed by atoms with Crippen LogP contribution in [0.15, 0.2) is 42.5 Å². The molecule has 2 aromatic rings. The molecule has 0 spiro atoms. The van der Waals surface area contributed by atoms with Crippen LogP contribution in [0.3, 0.4) is 0 Å². The molecule has 0 aliphatic heterocycles. The zero-order valence-corrected chi connectivity index (χ0v) is 9.12. The predicted molar refractivity (Wildman–Crippen MR) is 65.8 cm³/mol. The van der Waals surface area contributed by atoms with Crippen molar-refractivity contribution in [2.45, 2.75) is 13.8 Å². The van der Waals surface area contributed by atoms with Crippen LogP contribution in [-0.2, 0) is 0 Å². The fourth-order valence-electron chi connectivity index (χ4n) is 1.71. The van der Waals surface area contributed by atoms with Crippen LogP contribution >= 0.6 is 0 Å². The first-order valence-electron chi connectivity index (χ1n) is 5.11. The van der Waals surface area contributed by atoms with Gasteiger partial charge in [-0.3, -0.25) is 0 Å². The van der Waals surface area contributed by atoms with E-state index in [9.17, 15) is 0 Å². The van der Waals surface area contributed by atoms with Crippen molar-refractivity contribution in [2.75, 3.05) is 5.73 Å². The third kappa shape index (κ3) is 1.73. The average Bonchev–Trinajstić information content (AvgIpc) is 2.27. The number of anilines is 1. The zero-order chi connectivity index (χ0) is 10.8. The second-order valence-corrected chi connectivity index (χ2v) is 3.83. The normalized spacial score (nSPS) is 10.3. The van der Waals surface area contributed by atoms with Crippen LogP contribution in [0, 0.1) is 13.8 Å². The first-order valence-corrected chi connectivity index (χ1v) is 5.11. The second kappa shape index (κ2) is 3.77. The Morgan fingerprint density at radius 2 is 1.53 bits per heavy atom. The van der Waals surface area contributed by atoms with Gasteiger partial charge in [-0.15, -0.1) is 0 Å². The lowest BCUT2D eigenvalue weighted by molar-refractivity contribution is 1.34. The van der Waals surface area contributed by atoms with Gasteiger partial charge in [0.1, 0.15) is 0 Å². The minimum absolute atomic E-state index is 0.890. The number of hydrogen-bond acceptors (Lipinski definition) is 1. The van der Waals surface area contributed by atoms with Crippen molar-refractivity contribution in [3.8, 4) is 11.1 Å². The maximum absolute atomic E-state index is 6.12. The molecule has 0 aromatic heterocycles. The van der Waals surface area contributed by atoms with Crippen LogP contribution in [-0.4, -0.2) is 0 Å². The van der Waals surface area contributed by atoms with Gasteiger partial charge in [-0.05, 0) is 30.5 Å². The van der Waals surface area contributed by atoms with Crippen LogP contribution in [0.2, 0.25) is 0 Å². The van der Waals surface area contributed by atoms with Crippen molar-refractivity contribution >= 4 is 5.69 Å². The fourth-order valence-corrected chi connectivity index (χ4v) is 1.71. The second-order valence-electron chi connectivity index (χ2n) is 3.83. The molecule has 0 fully saturated rings. The number of aryl methyl sites for hydroxylation is 1. The Hall–Kier alpha value is -1.76. The van der Waals surface area contributed by atoms with Gasteiger partial charge in [-0.2, -0.15) is 0 Å². The largest absolute Gasteiger partial charge is 0.398 e. The number of rotatable bonds is 1. The summed E-state index contributed by atoms with van der Waals surface area (Å²) in [6, 6.07) is 14.5. The van der Waals surface area contributed by atoms with Gasteiger partial charge in [0.05, 0.1) is 0 Å². The molecule has 0 heterocycles. The minimum Gasteiger partial charge on any atom is -0.398 e. The molecule has 0 bridgehead atoms. The van der Waals surface area contributed by atoms with Crippen LogP contribution in [0.25, 0.3) is 11.1 Å². The zero-order valence-electron chi connectivity index (χ0n) is 9.12. The highest BCUT2D eigenvalue weighted by molar-refractivity contribution is 5.79. The van der Waals surface area contributed by atoms with Crippen LogP contribution in [0.1, 0.15) is 11.1 Å². The molecule has 0 saturated heterocycles. The SMILES string of the molecule is Cc1ccc(-c2ccccc2)c(N)c1C. The summed E-state index contributed by atoms with van der Waals surface area (Å²) in [5, 5.41) is 0. The maximum Gasteiger partial charge on any atom is 0.0426 e. The van der Waals surface area contributed by atoms with Crippen molar-refractivity contribution in [3.63, 3.8) is 0 Å². The Labute approximate surface area is 90.6 Å². The van der Waals surface area contributed by atoms with Crippen molar-refractivity contribution in [1.82, 2.24) is 0 Å². The van der Waals surface area contributed by atoms with E-state index in [1.807, 2.05) is 18.2 Å². The van der Waals surface area contributed by atoms with E-state index < -0.39 is 0 Å². The molecule has 1 heteroatoms. The molecule has 2 aromatic carbocycles. The van der Waals surface area contributed by atoms with Crippen molar-refractivity contribution < 1.29 is 0 Å². The Balaban J connectivity index is 2.60. The standard InChI is InChI=1S/C14H15N/c1-10-8-9-13(14(15)11(10)2)12-6-4-3-5-7-12/h3-9H,15H2,1-2H3. The predicted octanol–water partition coefficient (Wildman–Crippen LogP) is 3.55. The molecule has 15 heavy (non-hydrogen) atoms. The third-order valence-electron chi connectivity index (χ3n) is 2.87. The van der Waals surface area contributed by atoms with E-state index in [1.54, 1.807) is 0 Å². The Kier molecular flexibility index (Phi) is 2.46. The van der Waals surface area contributed by atoms with Crippen LogP contribution in [0.4, 0.5) is 5.69 Å². The average molecular weight is 197 g/mol. The summed E-state index contributed by atoms with van der Waals surface area (Å²) in [6.45, 7) is 4.15. The number of benzene rings is 2. The molecule has 0 unspecified atom stereocenters. The van der Waals surface area contributed by atoms with E-state index in [-0.39, 0.29) is 0 Å². The van der Waals surface area contributed by atoms with Crippen LogP contribution < -0.4 is 5.73 Å². The van der Waals surface area contributed by atoms with Gasteiger partial charge in [0, 0.05) is 11.3 Å². The highest BCUT2D eigenvalue weighted by Gasteiger charge is 2.05. The Morgan fingerprint density at radius 3 is 2.20 bits per heavy atom. The maximum atomic E-state index is 6.12. The van der Waals surface area contributed by atoms with E-state index >= 15 is 0 Å². The molecule has 0 aliphatic carbocycles. The fraction of sp³-hybridized carbons (Fsp3) is 0.143. The lowest BCUT2D eigenvalue weighted by atomic mass is 9.98.